The Morgan fingerprint density at radius 3 is 2.30 bits per heavy atom. The lowest BCUT2D eigenvalue weighted by Gasteiger charge is -2.12. The van der Waals surface area contributed by atoms with E-state index in [0.29, 0.717) is 17.7 Å². The summed E-state index contributed by atoms with van der Waals surface area (Å²) in [7, 11) is 0. The first-order chi connectivity index (χ1) is 9.49. The minimum absolute atomic E-state index is 0.108. The average Bonchev–Trinajstić information content (AvgIpc) is 2.36. The Labute approximate surface area is 119 Å². The van der Waals surface area contributed by atoms with Crippen molar-refractivity contribution in [3.63, 3.8) is 0 Å². The highest BCUT2D eigenvalue weighted by molar-refractivity contribution is 5.97. The quantitative estimate of drug-likeness (QED) is 0.898. The summed E-state index contributed by atoms with van der Waals surface area (Å²) in [4.78, 5) is 12.3. The van der Waals surface area contributed by atoms with Crippen LogP contribution in [0.2, 0.25) is 0 Å². The molecular weight excluding hydrogens is 250 g/mol. The highest BCUT2D eigenvalue weighted by atomic mass is 16.3. The summed E-state index contributed by atoms with van der Waals surface area (Å²) in [5.41, 5.74) is 4.51. The van der Waals surface area contributed by atoms with Gasteiger partial charge in [0.1, 0.15) is 5.75 Å². The molecule has 0 saturated carbocycles. The van der Waals surface area contributed by atoms with E-state index in [4.69, 9.17) is 0 Å². The van der Waals surface area contributed by atoms with Crippen LogP contribution in [0, 0.1) is 20.8 Å². The van der Waals surface area contributed by atoms with Gasteiger partial charge in [-0.1, -0.05) is 35.9 Å². The fraction of sp³-hybridized carbons (Fsp3) is 0.235. The third kappa shape index (κ3) is 2.99. The van der Waals surface area contributed by atoms with Crippen LogP contribution in [0.15, 0.2) is 36.4 Å². The molecule has 20 heavy (non-hydrogen) atoms. The maximum Gasteiger partial charge on any atom is 0.252 e. The van der Waals surface area contributed by atoms with Gasteiger partial charge >= 0.3 is 0 Å². The molecular formula is C17H19NO2. The first kappa shape index (κ1) is 14.1. The number of benzene rings is 2. The summed E-state index contributed by atoms with van der Waals surface area (Å²) >= 11 is 0. The third-order valence-electron chi connectivity index (χ3n) is 3.34. The van der Waals surface area contributed by atoms with Crippen LogP contribution in [0.1, 0.15) is 32.6 Å². The molecule has 2 aromatic rings. The fourth-order valence-electron chi connectivity index (χ4n) is 2.46. The predicted molar refractivity (Wildman–Crippen MR) is 79.9 cm³/mol. The Balaban J connectivity index is 2.16. The second kappa shape index (κ2) is 5.78. The molecule has 0 saturated heterocycles. The van der Waals surface area contributed by atoms with Crippen molar-refractivity contribution in [3.8, 4) is 5.75 Å². The molecule has 104 valence electrons. The van der Waals surface area contributed by atoms with Crippen LogP contribution in [0.3, 0.4) is 0 Å². The van der Waals surface area contributed by atoms with Gasteiger partial charge in [-0.2, -0.15) is 0 Å². The Morgan fingerprint density at radius 1 is 1.10 bits per heavy atom. The smallest absolute Gasteiger partial charge is 0.252 e. The van der Waals surface area contributed by atoms with Crippen LogP contribution in [-0.4, -0.2) is 11.0 Å². The van der Waals surface area contributed by atoms with E-state index in [0.717, 1.165) is 16.7 Å². The molecule has 3 heteroatoms. The van der Waals surface area contributed by atoms with Crippen molar-refractivity contribution in [3.05, 3.63) is 64.2 Å². The van der Waals surface area contributed by atoms with Crippen LogP contribution in [0.4, 0.5) is 0 Å². The summed E-state index contributed by atoms with van der Waals surface area (Å²) in [6.45, 7) is 6.21. The van der Waals surface area contributed by atoms with Crippen molar-refractivity contribution in [1.29, 1.82) is 0 Å². The van der Waals surface area contributed by atoms with E-state index in [1.807, 2.05) is 39.0 Å². The number of aryl methyl sites for hydroxylation is 3. The lowest BCUT2D eigenvalue weighted by atomic mass is 9.99. The van der Waals surface area contributed by atoms with Crippen molar-refractivity contribution in [2.75, 3.05) is 0 Å². The molecule has 2 N–H and O–H groups in total. The fourth-order valence-corrected chi connectivity index (χ4v) is 2.46. The van der Waals surface area contributed by atoms with Crippen LogP contribution in [-0.2, 0) is 6.54 Å². The topological polar surface area (TPSA) is 49.3 Å². The molecule has 0 atom stereocenters. The zero-order chi connectivity index (χ0) is 14.7. The van der Waals surface area contributed by atoms with Gasteiger partial charge in [0.25, 0.3) is 5.91 Å². The molecule has 0 aromatic heterocycles. The highest BCUT2D eigenvalue weighted by Crippen LogP contribution is 2.18. The molecule has 0 aliphatic heterocycles. The molecule has 2 aromatic carbocycles. The van der Waals surface area contributed by atoms with Gasteiger partial charge < -0.3 is 10.4 Å². The molecule has 3 nitrogen and oxygen atoms in total. The van der Waals surface area contributed by atoms with Crippen molar-refractivity contribution < 1.29 is 9.90 Å². The second-order valence-electron chi connectivity index (χ2n) is 5.09. The van der Waals surface area contributed by atoms with E-state index in [9.17, 15) is 9.90 Å². The van der Waals surface area contributed by atoms with Crippen LogP contribution >= 0.6 is 0 Å². The largest absolute Gasteiger partial charge is 0.508 e. The molecule has 0 spiro atoms. The summed E-state index contributed by atoms with van der Waals surface area (Å²) < 4.78 is 0. The first-order valence-corrected chi connectivity index (χ1v) is 6.62. The van der Waals surface area contributed by atoms with Gasteiger partial charge in [0, 0.05) is 17.7 Å². The molecule has 0 aliphatic rings. The monoisotopic (exact) mass is 269 g/mol. The molecule has 0 bridgehead atoms. The molecule has 1 amide bonds. The van der Waals surface area contributed by atoms with E-state index < -0.39 is 0 Å². The number of amides is 1. The number of phenolic OH excluding ortho intramolecular Hbond substituents is 1. The summed E-state index contributed by atoms with van der Waals surface area (Å²) in [5.74, 6) is 0.0911. The van der Waals surface area contributed by atoms with Gasteiger partial charge in [-0.15, -0.1) is 0 Å². The summed E-state index contributed by atoms with van der Waals surface area (Å²) in [6.07, 6.45) is 0. The first-order valence-electron chi connectivity index (χ1n) is 6.62. The van der Waals surface area contributed by atoms with E-state index in [1.165, 1.54) is 0 Å². The number of carbonyl (C=O) groups is 1. The minimum atomic E-state index is -0.108. The van der Waals surface area contributed by atoms with E-state index in [-0.39, 0.29) is 11.7 Å². The number of aromatic hydroxyl groups is 1. The lowest BCUT2D eigenvalue weighted by Crippen LogP contribution is -2.24. The van der Waals surface area contributed by atoms with Gasteiger partial charge in [0.05, 0.1) is 0 Å². The van der Waals surface area contributed by atoms with Crippen molar-refractivity contribution in [2.24, 2.45) is 0 Å². The SMILES string of the molecule is Cc1cc(C)c(C(=O)NCc2ccccc2O)c(C)c1. The molecule has 0 heterocycles. The van der Waals surface area contributed by atoms with Crippen molar-refractivity contribution in [2.45, 2.75) is 27.3 Å². The third-order valence-corrected chi connectivity index (χ3v) is 3.34. The number of carbonyl (C=O) groups excluding carboxylic acids is 1. The number of rotatable bonds is 3. The van der Waals surface area contributed by atoms with Gasteiger partial charge in [0.15, 0.2) is 0 Å². The Hall–Kier alpha value is -2.29. The van der Waals surface area contributed by atoms with Crippen LogP contribution in [0.5, 0.6) is 5.75 Å². The summed E-state index contributed by atoms with van der Waals surface area (Å²) in [5, 5.41) is 12.5. The highest BCUT2D eigenvalue weighted by Gasteiger charge is 2.12. The average molecular weight is 269 g/mol. The zero-order valence-corrected chi connectivity index (χ0v) is 12.0. The van der Waals surface area contributed by atoms with Crippen LogP contribution < -0.4 is 5.32 Å². The van der Waals surface area contributed by atoms with Crippen LogP contribution in [0.25, 0.3) is 0 Å². The number of phenols is 1. The Bertz CT molecular complexity index is 624. The molecule has 0 radical (unpaired) electrons. The minimum Gasteiger partial charge on any atom is -0.508 e. The van der Waals surface area contributed by atoms with Crippen molar-refractivity contribution in [1.82, 2.24) is 5.32 Å². The number of nitrogens with one attached hydrogen (secondary N) is 1. The maximum atomic E-state index is 12.3. The van der Waals surface area contributed by atoms with Gasteiger partial charge in [-0.25, -0.2) is 0 Å². The van der Waals surface area contributed by atoms with Crippen molar-refractivity contribution >= 4 is 5.91 Å². The maximum absolute atomic E-state index is 12.3. The van der Waals surface area contributed by atoms with E-state index in [2.05, 4.69) is 5.32 Å². The Morgan fingerprint density at radius 2 is 1.70 bits per heavy atom. The molecule has 2 rings (SSSR count). The Kier molecular flexibility index (Phi) is 4.08. The van der Waals surface area contributed by atoms with Gasteiger partial charge in [-0.05, 0) is 38.0 Å². The zero-order valence-electron chi connectivity index (χ0n) is 12.0. The number of hydrogen-bond acceptors (Lipinski definition) is 2. The van der Waals surface area contributed by atoms with Gasteiger partial charge in [0.2, 0.25) is 0 Å². The number of hydrogen-bond donors (Lipinski definition) is 2. The normalized spacial score (nSPS) is 10.3. The van der Waals surface area contributed by atoms with E-state index >= 15 is 0 Å². The molecule has 0 aliphatic carbocycles. The number of para-hydroxylation sites is 1. The predicted octanol–water partition coefficient (Wildman–Crippen LogP) is 3.25. The lowest BCUT2D eigenvalue weighted by molar-refractivity contribution is 0.0949. The second-order valence-corrected chi connectivity index (χ2v) is 5.09. The molecule has 0 fully saturated rings. The van der Waals surface area contributed by atoms with E-state index in [1.54, 1.807) is 18.2 Å². The standard InChI is InChI=1S/C17H19NO2/c1-11-8-12(2)16(13(3)9-11)17(20)18-10-14-6-4-5-7-15(14)19/h4-9,19H,10H2,1-3H3,(H,18,20). The molecule has 0 unspecified atom stereocenters. The van der Waals surface area contributed by atoms with Gasteiger partial charge in [-0.3, -0.25) is 4.79 Å². The summed E-state index contributed by atoms with van der Waals surface area (Å²) in [6, 6.07) is 11.0.